The Morgan fingerprint density at radius 1 is 1.07 bits per heavy atom. The molecule has 1 heterocycles. The van der Waals surface area contributed by atoms with Gasteiger partial charge in [-0.1, -0.05) is 48.0 Å². The van der Waals surface area contributed by atoms with Crippen molar-refractivity contribution in [1.29, 1.82) is 0 Å². The Labute approximate surface area is 160 Å². The monoisotopic (exact) mass is 390 g/mol. The SMILES string of the molecule is Cc1ccc(S(=O)(=O)C[C@@H]2O[C@H](COCc3ccccc3)CC[C@@H]2O)cc1. The largest absolute Gasteiger partial charge is 0.390 e. The average molecular weight is 391 g/mol. The molecular formula is C21H26O5S. The summed E-state index contributed by atoms with van der Waals surface area (Å²) in [4.78, 5) is 0.256. The standard InChI is InChI=1S/C21H26O5S/c1-16-7-10-19(11-8-16)27(23,24)15-21-20(22)12-9-18(26-21)14-25-13-17-5-3-2-4-6-17/h2-8,10-11,18,20-22H,9,12-15H2,1H3/t18-,20-,21-/m0/s1. The van der Waals surface area contributed by atoms with Crippen LogP contribution in [0.5, 0.6) is 0 Å². The molecule has 2 aromatic carbocycles. The molecule has 1 fully saturated rings. The molecule has 0 aromatic heterocycles. The maximum atomic E-state index is 12.6. The topological polar surface area (TPSA) is 72.8 Å². The Morgan fingerprint density at radius 3 is 2.48 bits per heavy atom. The fraction of sp³-hybridized carbons (Fsp3) is 0.429. The number of hydrogen-bond acceptors (Lipinski definition) is 5. The average Bonchev–Trinajstić information content (AvgIpc) is 2.65. The molecule has 0 spiro atoms. The van der Waals surface area contributed by atoms with Gasteiger partial charge in [-0.05, 0) is 37.5 Å². The van der Waals surface area contributed by atoms with Crippen LogP contribution in [0.25, 0.3) is 0 Å². The molecule has 6 heteroatoms. The van der Waals surface area contributed by atoms with Gasteiger partial charge in [0.15, 0.2) is 9.84 Å². The lowest BCUT2D eigenvalue weighted by Gasteiger charge is -2.33. The van der Waals surface area contributed by atoms with Crippen LogP contribution >= 0.6 is 0 Å². The van der Waals surface area contributed by atoms with Gasteiger partial charge in [-0.3, -0.25) is 0 Å². The second-order valence-corrected chi connectivity index (χ2v) is 9.07. The molecule has 0 unspecified atom stereocenters. The van der Waals surface area contributed by atoms with Crippen LogP contribution in [0.4, 0.5) is 0 Å². The van der Waals surface area contributed by atoms with Gasteiger partial charge < -0.3 is 14.6 Å². The second-order valence-electron chi connectivity index (χ2n) is 7.04. The van der Waals surface area contributed by atoms with Crippen molar-refractivity contribution in [1.82, 2.24) is 0 Å². The predicted octanol–water partition coefficient (Wildman–Crippen LogP) is 2.89. The van der Waals surface area contributed by atoms with E-state index in [1.165, 1.54) is 0 Å². The normalized spacial score (nSPS) is 23.3. The van der Waals surface area contributed by atoms with Crippen LogP contribution in [0.1, 0.15) is 24.0 Å². The summed E-state index contributed by atoms with van der Waals surface area (Å²) in [6, 6.07) is 16.6. The third-order valence-corrected chi connectivity index (χ3v) is 6.52. The second kappa shape index (κ2) is 8.97. The van der Waals surface area contributed by atoms with Gasteiger partial charge in [0.25, 0.3) is 0 Å². The van der Waals surface area contributed by atoms with E-state index in [-0.39, 0.29) is 16.8 Å². The minimum atomic E-state index is -3.52. The molecule has 1 aliphatic rings. The van der Waals surface area contributed by atoms with Gasteiger partial charge >= 0.3 is 0 Å². The number of sulfone groups is 1. The molecular weight excluding hydrogens is 364 g/mol. The minimum absolute atomic E-state index is 0.213. The summed E-state index contributed by atoms with van der Waals surface area (Å²) in [5.41, 5.74) is 2.07. The number of rotatable bonds is 7. The Bertz CT molecular complexity index is 817. The van der Waals surface area contributed by atoms with Gasteiger partial charge in [-0.25, -0.2) is 8.42 Å². The molecule has 0 radical (unpaired) electrons. The van der Waals surface area contributed by atoms with E-state index in [2.05, 4.69) is 0 Å². The van der Waals surface area contributed by atoms with Crippen LogP contribution in [-0.4, -0.2) is 44.2 Å². The molecule has 5 nitrogen and oxygen atoms in total. The number of aliphatic hydroxyl groups excluding tert-OH is 1. The highest BCUT2D eigenvalue weighted by atomic mass is 32.2. The van der Waals surface area contributed by atoms with Crippen molar-refractivity contribution in [3.63, 3.8) is 0 Å². The molecule has 0 saturated carbocycles. The molecule has 1 saturated heterocycles. The molecule has 3 atom stereocenters. The van der Waals surface area contributed by atoms with Crippen molar-refractivity contribution in [3.05, 3.63) is 65.7 Å². The Hall–Kier alpha value is -1.73. The van der Waals surface area contributed by atoms with Crippen LogP contribution < -0.4 is 0 Å². The lowest BCUT2D eigenvalue weighted by Crippen LogP contribution is -2.44. The van der Waals surface area contributed by atoms with Crippen molar-refractivity contribution < 1.29 is 23.0 Å². The summed E-state index contributed by atoms with van der Waals surface area (Å²) in [6.45, 7) is 2.77. The van der Waals surface area contributed by atoms with Crippen molar-refractivity contribution >= 4 is 9.84 Å². The summed E-state index contributed by atoms with van der Waals surface area (Å²) in [5, 5.41) is 10.2. The fourth-order valence-corrected chi connectivity index (χ4v) is 4.64. The highest BCUT2D eigenvalue weighted by Crippen LogP contribution is 2.24. The quantitative estimate of drug-likeness (QED) is 0.787. The van der Waals surface area contributed by atoms with E-state index in [1.54, 1.807) is 24.3 Å². The highest BCUT2D eigenvalue weighted by Gasteiger charge is 2.34. The van der Waals surface area contributed by atoms with Crippen LogP contribution in [0.3, 0.4) is 0 Å². The van der Waals surface area contributed by atoms with Crippen molar-refractivity contribution in [3.8, 4) is 0 Å². The van der Waals surface area contributed by atoms with E-state index in [0.717, 1.165) is 11.1 Å². The lowest BCUT2D eigenvalue weighted by molar-refractivity contribution is -0.129. The number of aliphatic hydroxyl groups is 1. The first-order valence-corrected chi connectivity index (χ1v) is 10.8. The molecule has 1 aliphatic heterocycles. The van der Waals surface area contributed by atoms with E-state index in [9.17, 15) is 13.5 Å². The van der Waals surface area contributed by atoms with Gasteiger partial charge in [0, 0.05) is 0 Å². The van der Waals surface area contributed by atoms with E-state index >= 15 is 0 Å². The zero-order valence-corrected chi connectivity index (χ0v) is 16.3. The minimum Gasteiger partial charge on any atom is -0.390 e. The van der Waals surface area contributed by atoms with E-state index in [0.29, 0.717) is 26.1 Å². The summed E-state index contributed by atoms with van der Waals surface area (Å²) in [5.74, 6) is -0.230. The predicted molar refractivity (Wildman–Crippen MR) is 103 cm³/mol. The first-order valence-electron chi connectivity index (χ1n) is 9.19. The molecule has 1 N–H and O–H groups in total. The first kappa shape index (κ1) is 20.0. The van der Waals surface area contributed by atoms with E-state index in [1.807, 2.05) is 37.3 Å². The van der Waals surface area contributed by atoms with E-state index in [4.69, 9.17) is 9.47 Å². The van der Waals surface area contributed by atoms with Crippen molar-refractivity contribution in [2.75, 3.05) is 12.4 Å². The van der Waals surface area contributed by atoms with Crippen LogP contribution in [0.2, 0.25) is 0 Å². The van der Waals surface area contributed by atoms with E-state index < -0.39 is 22.0 Å². The summed E-state index contributed by atoms with van der Waals surface area (Å²) in [6.07, 6.45) is -0.578. The number of hydrogen-bond donors (Lipinski definition) is 1. The number of aryl methyl sites for hydroxylation is 1. The Morgan fingerprint density at radius 2 is 1.78 bits per heavy atom. The first-order chi connectivity index (χ1) is 12.9. The third-order valence-electron chi connectivity index (χ3n) is 4.76. The molecule has 27 heavy (non-hydrogen) atoms. The highest BCUT2D eigenvalue weighted by molar-refractivity contribution is 7.91. The van der Waals surface area contributed by atoms with Crippen molar-refractivity contribution in [2.24, 2.45) is 0 Å². The Kier molecular flexibility index (Phi) is 6.65. The maximum Gasteiger partial charge on any atom is 0.181 e. The zero-order valence-electron chi connectivity index (χ0n) is 15.5. The van der Waals surface area contributed by atoms with Crippen LogP contribution in [0.15, 0.2) is 59.5 Å². The van der Waals surface area contributed by atoms with Gasteiger partial charge in [0.1, 0.15) is 0 Å². The lowest BCUT2D eigenvalue weighted by atomic mass is 10.0. The van der Waals surface area contributed by atoms with Crippen LogP contribution in [0, 0.1) is 6.92 Å². The zero-order chi connectivity index (χ0) is 19.3. The van der Waals surface area contributed by atoms with Crippen molar-refractivity contribution in [2.45, 2.75) is 49.6 Å². The smallest absolute Gasteiger partial charge is 0.181 e. The van der Waals surface area contributed by atoms with Gasteiger partial charge in [-0.15, -0.1) is 0 Å². The summed E-state index contributed by atoms with van der Waals surface area (Å²) < 4.78 is 36.9. The molecule has 146 valence electrons. The molecule has 0 bridgehead atoms. The molecule has 2 aromatic rings. The number of benzene rings is 2. The fourth-order valence-electron chi connectivity index (χ4n) is 3.16. The van der Waals surface area contributed by atoms with Gasteiger partial charge in [0.2, 0.25) is 0 Å². The maximum absolute atomic E-state index is 12.6. The van der Waals surface area contributed by atoms with Crippen LogP contribution in [-0.2, 0) is 25.9 Å². The van der Waals surface area contributed by atoms with Gasteiger partial charge in [-0.2, -0.15) is 0 Å². The van der Waals surface area contributed by atoms with Gasteiger partial charge in [0.05, 0.1) is 42.2 Å². The summed E-state index contributed by atoms with van der Waals surface area (Å²) >= 11 is 0. The molecule has 3 rings (SSSR count). The molecule has 0 aliphatic carbocycles. The third kappa shape index (κ3) is 5.62. The Balaban J connectivity index is 1.56. The number of ether oxygens (including phenoxy) is 2. The summed E-state index contributed by atoms with van der Waals surface area (Å²) in [7, 11) is -3.52. The molecule has 0 amide bonds.